The minimum Gasteiger partial charge on any atom is -0.374 e. The number of benzene rings is 8. The average molecular weight is 1330 g/mol. The second kappa shape index (κ2) is 44.5. The Morgan fingerprint density at radius 2 is 0.378 bits per heavy atom. The van der Waals surface area contributed by atoms with Crippen molar-refractivity contribution in [2.45, 2.75) is 230 Å². The van der Waals surface area contributed by atoms with Crippen molar-refractivity contribution in [2.24, 2.45) is 0 Å². The van der Waals surface area contributed by atoms with E-state index < -0.39 is 0 Å². The summed E-state index contributed by atoms with van der Waals surface area (Å²) in [6.45, 7) is 53.6. The number of hydrogen-bond donors (Lipinski definition) is 0. The summed E-state index contributed by atoms with van der Waals surface area (Å²) < 4.78 is 46.2. The summed E-state index contributed by atoms with van der Waals surface area (Å²) in [5.74, 6) is 0. The van der Waals surface area contributed by atoms with Crippen molar-refractivity contribution in [1.29, 1.82) is 0 Å². The topological polar surface area (TPSA) is 73.8 Å². The van der Waals surface area contributed by atoms with E-state index in [9.17, 15) is 0 Å². The van der Waals surface area contributed by atoms with E-state index in [4.69, 9.17) is 37.9 Å². The summed E-state index contributed by atoms with van der Waals surface area (Å²) in [6, 6.07) is 44.2. The SMILES string of the molecule is CCc1cc(COCCOCc2cc(CC)c(C)cc2CC)c(CC)cc1C.CCc1cc(COCCOCc2ccc(C)c(CC)c2)ccc1C.Cc1cc(C)c(COCCOCc2cc(C)c(C)cc2C)cc1C.Cc1ccc(COCCOCc2ccc(C)c(C)c2)cc1C. The van der Waals surface area contributed by atoms with Crippen LogP contribution in [0.25, 0.3) is 0 Å². The van der Waals surface area contributed by atoms with E-state index in [0.29, 0.717) is 106 Å². The minimum atomic E-state index is 0.621. The molecule has 0 aromatic heterocycles. The van der Waals surface area contributed by atoms with Crippen molar-refractivity contribution in [3.8, 4) is 0 Å². The molecule has 0 aliphatic heterocycles. The molecule has 8 aromatic rings. The molecule has 8 rings (SSSR count). The van der Waals surface area contributed by atoms with Crippen LogP contribution in [0.5, 0.6) is 0 Å². The Morgan fingerprint density at radius 3 is 0.663 bits per heavy atom. The first-order valence-electron chi connectivity index (χ1n) is 36.4. The van der Waals surface area contributed by atoms with Gasteiger partial charge in [-0.15, -0.1) is 0 Å². The normalized spacial score (nSPS) is 11.1. The summed E-state index contributed by atoms with van der Waals surface area (Å²) in [5.41, 5.74) is 37.2. The van der Waals surface area contributed by atoms with E-state index in [1.807, 2.05) is 0 Å². The summed E-state index contributed by atoms with van der Waals surface area (Å²) in [7, 11) is 0. The van der Waals surface area contributed by atoms with Gasteiger partial charge < -0.3 is 37.9 Å². The van der Waals surface area contributed by atoms with Gasteiger partial charge in [0, 0.05) is 0 Å². The Kier molecular flexibility index (Phi) is 37.3. The van der Waals surface area contributed by atoms with Crippen LogP contribution >= 0.6 is 0 Å². The Hall–Kier alpha value is -6.56. The summed E-state index contributed by atoms with van der Waals surface area (Å²) in [5, 5.41) is 0. The monoisotopic (exact) mass is 1330 g/mol. The van der Waals surface area contributed by atoms with Gasteiger partial charge in [0.25, 0.3) is 0 Å². The predicted octanol–water partition coefficient (Wildman–Crippen LogP) is 21.4. The third-order valence-electron chi connectivity index (χ3n) is 19.1. The standard InChI is InChI=1S/C26H38O2.2C22H30O2.C20H26O2/c1-7-21-15-25(23(9-3)13-19(21)5)17-27-11-12-28-18-26-16-22(8-2)20(6)14-24(26)10-4;1-15-9-19(5)21(11-17(15)3)13-23-7-8-24-14-22-12-18(4)16(2)10-20(22)6;1-5-21-13-19(9-7-17(21)3)15-23-11-12-24-16-20-10-8-18(4)22(6-2)14-20;1-15-5-7-19(11-17(15)3)13-21-9-10-22-14-20-8-6-16(2)18(4)12-20/h13-16H,7-12,17-18H2,1-6H3;9-12H,7-8,13-14H2,1-6H3;7-10,13-14H,5-6,11-12,15-16H2,1-4H3;5-8,11-12H,9-10,13-14H2,1-4H3. The third-order valence-corrected chi connectivity index (χ3v) is 19.1. The fourth-order valence-electron chi connectivity index (χ4n) is 11.9. The lowest BCUT2D eigenvalue weighted by Crippen LogP contribution is -2.08. The van der Waals surface area contributed by atoms with E-state index in [1.54, 1.807) is 0 Å². The van der Waals surface area contributed by atoms with Gasteiger partial charge >= 0.3 is 0 Å². The highest BCUT2D eigenvalue weighted by Crippen LogP contribution is 2.23. The van der Waals surface area contributed by atoms with Crippen LogP contribution in [0, 0.1) is 96.9 Å². The van der Waals surface area contributed by atoms with Crippen LogP contribution in [-0.2, 0) is 129 Å². The van der Waals surface area contributed by atoms with Crippen LogP contribution in [0.1, 0.15) is 197 Å². The molecule has 0 N–H and O–H groups in total. The molecule has 8 aromatic carbocycles. The van der Waals surface area contributed by atoms with Gasteiger partial charge in [0.1, 0.15) is 0 Å². The molecule has 0 saturated heterocycles. The first kappa shape index (κ1) is 82.1. The van der Waals surface area contributed by atoms with Crippen molar-refractivity contribution in [3.63, 3.8) is 0 Å². The van der Waals surface area contributed by atoms with Gasteiger partial charge in [-0.3, -0.25) is 0 Å². The smallest absolute Gasteiger partial charge is 0.0720 e. The van der Waals surface area contributed by atoms with Crippen molar-refractivity contribution in [2.75, 3.05) is 52.9 Å². The molecule has 0 amide bonds. The Labute approximate surface area is 594 Å². The zero-order valence-corrected chi connectivity index (χ0v) is 64.4. The molecule has 0 atom stereocenters. The second-order valence-electron chi connectivity index (χ2n) is 26.7. The van der Waals surface area contributed by atoms with E-state index in [2.05, 4.69) is 260 Å². The molecular weight excluding hydrogens is 1210 g/mol. The molecule has 0 bridgehead atoms. The Bertz CT molecular complexity index is 3450. The van der Waals surface area contributed by atoms with Crippen molar-refractivity contribution in [1.82, 2.24) is 0 Å². The largest absolute Gasteiger partial charge is 0.374 e. The van der Waals surface area contributed by atoms with Gasteiger partial charge in [-0.2, -0.15) is 0 Å². The van der Waals surface area contributed by atoms with Crippen LogP contribution in [0.2, 0.25) is 0 Å². The molecule has 0 saturated carbocycles. The zero-order chi connectivity index (χ0) is 71.5. The number of hydrogen-bond acceptors (Lipinski definition) is 8. The van der Waals surface area contributed by atoms with Crippen molar-refractivity contribution >= 4 is 0 Å². The molecule has 0 heterocycles. The maximum atomic E-state index is 5.94. The molecule has 0 unspecified atom stereocenters. The van der Waals surface area contributed by atoms with Crippen molar-refractivity contribution in [3.05, 3.63) is 277 Å². The van der Waals surface area contributed by atoms with E-state index in [0.717, 1.165) is 38.5 Å². The fraction of sp³-hybridized carbons (Fsp3) is 0.467. The zero-order valence-electron chi connectivity index (χ0n) is 64.4. The molecule has 0 spiro atoms. The van der Waals surface area contributed by atoms with Gasteiger partial charge in [-0.05, 0) is 291 Å². The van der Waals surface area contributed by atoms with Gasteiger partial charge in [-0.1, -0.05) is 163 Å². The highest BCUT2D eigenvalue weighted by atomic mass is 16.5. The molecule has 0 fully saturated rings. The lowest BCUT2D eigenvalue weighted by atomic mass is 9.96. The summed E-state index contributed by atoms with van der Waals surface area (Å²) >= 11 is 0. The summed E-state index contributed by atoms with van der Waals surface area (Å²) in [6.07, 6.45) is 6.38. The maximum Gasteiger partial charge on any atom is 0.0720 e. The maximum absolute atomic E-state index is 5.94. The highest BCUT2D eigenvalue weighted by Gasteiger charge is 2.11. The molecule has 0 radical (unpaired) electrons. The van der Waals surface area contributed by atoms with Crippen molar-refractivity contribution < 1.29 is 37.9 Å². The first-order chi connectivity index (χ1) is 47.1. The molecular formula is C90H124O8. The molecule has 0 aliphatic rings. The molecule has 532 valence electrons. The van der Waals surface area contributed by atoms with E-state index in [-0.39, 0.29) is 0 Å². The van der Waals surface area contributed by atoms with Crippen LogP contribution < -0.4 is 0 Å². The second-order valence-corrected chi connectivity index (χ2v) is 26.7. The third kappa shape index (κ3) is 28.2. The van der Waals surface area contributed by atoms with Gasteiger partial charge in [0.05, 0.1) is 106 Å². The van der Waals surface area contributed by atoms with Crippen LogP contribution in [-0.4, -0.2) is 52.9 Å². The lowest BCUT2D eigenvalue weighted by molar-refractivity contribution is 0.0334. The highest BCUT2D eigenvalue weighted by molar-refractivity contribution is 5.41. The van der Waals surface area contributed by atoms with Crippen LogP contribution in [0.4, 0.5) is 0 Å². The lowest BCUT2D eigenvalue weighted by Gasteiger charge is -2.15. The van der Waals surface area contributed by atoms with E-state index >= 15 is 0 Å². The quantitative estimate of drug-likeness (QED) is 0.0370. The molecule has 98 heavy (non-hydrogen) atoms. The average Bonchev–Trinajstić information content (AvgIpc) is 0.877. The van der Waals surface area contributed by atoms with E-state index in [1.165, 1.54) is 156 Å². The Balaban J connectivity index is 0.000000237. The van der Waals surface area contributed by atoms with Gasteiger partial charge in [-0.25, -0.2) is 0 Å². The predicted molar refractivity (Wildman–Crippen MR) is 411 cm³/mol. The molecule has 8 nitrogen and oxygen atoms in total. The van der Waals surface area contributed by atoms with Crippen LogP contribution in [0.3, 0.4) is 0 Å². The number of rotatable bonds is 34. The summed E-state index contributed by atoms with van der Waals surface area (Å²) in [4.78, 5) is 0. The number of ether oxygens (including phenoxy) is 8. The number of aryl methyl sites for hydroxylation is 20. The fourth-order valence-corrected chi connectivity index (χ4v) is 11.9. The minimum absolute atomic E-state index is 0.621. The first-order valence-corrected chi connectivity index (χ1v) is 36.4. The van der Waals surface area contributed by atoms with Gasteiger partial charge in [0.2, 0.25) is 0 Å². The van der Waals surface area contributed by atoms with Gasteiger partial charge in [0.15, 0.2) is 0 Å². The molecule has 8 heteroatoms. The van der Waals surface area contributed by atoms with Crippen LogP contribution in [0.15, 0.2) is 121 Å². The Morgan fingerprint density at radius 1 is 0.163 bits per heavy atom. The molecule has 0 aliphatic carbocycles.